The van der Waals surface area contributed by atoms with Crippen LogP contribution >= 0.6 is 0 Å². The van der Waals surface area contributed by atoms with Crippen LogP contribution < -0.4 is 26.4 Å². The fraction of sp³-hybridized carbons (Fsp3) is 0.273. The van der Waals surface area contributed by atoms with Crippen LogP contribution in [0.2, 0.25) is 0 Å². The lowest BCUT2D eigenvalue weighted by Crippen LogP contribution is -2.34. The summed E-state index contributed by atoms with van der Waals surface area (Å²) < 4.78 is 5.30. The van der Waals surface area contributed by atoms with E-state index in [4.69, 9.17) is 15.9 Å². The molecule has 1 atom stereocenters. The zero-order valence-corrected chi connectivity index (χ0v) is 16.9. The average molecular weight is 396 g/mol. The van der Waals surface area contributed by atoms with E-state index in [9.17, 15) is 4.79 Å². The van der Waals surface area contributed by atoms with Crippen LogP contribution in [-0.2, 0) is 4.79 Å². The van der Waals surface area contributed by atoms with Crippen LogP contribution in [0.3, 0.4) is 0 Å². The van der Waals surface area contributed by atoms with Gasteiger partial charge >= 0.3 is 0 Å². The van der Waals surface area contributed by atoms with Crippen molar-refractivity contribution in [3.63, 3.8) is 0 Å². The fourth-order valence-electron chi connectivity index (χ4n) is 2.88. The van der Waals surface area contributed by atoms with E-state index in [0.717, 1.165) is 24.1 Å². The second-order valence-electron chi connectivity index (χ2n) is 6.45. The molecular weight excluding hydrogens is 366 g/mol. The summed E-state index contributed by atoms with van der Waals surface area (Å²) in [5.74, 6) is 0.548. The second-order valence-corrected chi connectivity index (χ2v) is 6.45. The Morgan fingerprint density at radius 2 is 1.97 bits per heavy atom. The van der Waals surface area contributed by atoms with Crippen molar-refractivity contribution in [3.05, 3.63) is 65.9 Å². The number of allylic oxidation sites excluding steroid dienone is 1. The number of nitrogens with one attached hydrogen (secondary N) is 4. The first kappa shape index (κ1) is 22.1. The molecule has 2 rings (SSSR count). The van der Waals surface area contributed by atoms with Gasteiger partial charge in [0, 0.05) is 23.7 Å². The monoisotopic (exact) mass is 395 g/mol. The van der Waals surface area contributed by atoms with Gasteiger partial charge in [-0.15, -0.1) is 0 Å². The highest BCUT2D eigenvalue weighted by atomic mass is 16.5. The first-order valence-electron chi connectivity index (χ1n) is 9.48. The van der Waals surface area contributed by atoms with Crippen molar-refractivity contribution in [2.24, 2.45) is 5.73 Å². The minimum absolute atomic E-state index is 0.155. The van der Waals surface area contributed by atoms with E-state index < -0.39 is 6.04 Å². The van der Waals surface area contributed by atoms with Crippen molar-refractivity contribution in [2.75, 3.05) is 32.6 Å². The highest BCUT2D eigenvalue weighted by Crippen LogP contribution is 2.22. The molecule has 0 spiro atoms. The van der Waals surface area contributed by atoms with Gasteiger partial charge in [0.2, 0.25) is 5.91 Å². The quantitative estimate of drug-likeness (QED) is 0.296. The number of rotatable bonds is 11. The molecule has 1 unspecified atom stereocenters. The van der Waals surface area contributed by atoms with Crippen LogP contribution in [0.25, 0.3) is 5.57 Å². The summed E-state index contributed by atoms with van der Waals surface area (Å²) in [6.07, 6.45) is 3.48. The Kier molecular flexibility index (Phi) is 8.88. The maximum atomic E-state index is 13.0. The Morgan fingerprint density at radius 3 is 2.59 bits per heavy atom. The molecule has 0 aliphatic carbocycles. The number of hydrogen-bond donors (Lipinski definition) is 5. The first-order chi connectivity index (χ1) is 14.1. The largest absolute Gasteiger partial charge is 0.497 e. The average Bonchev–Trinajstić information content (AvgIpc) is 2.75. The SMILES string of the molecule is CNCCCNC(C(=O)Nc1ccc(/C(C=N)=C/N)cc1)c1cccc(OC)c1. The molecule has 6 N–H and O–H groups in total. The first-order valence-corrected chi connectivity index (χ1v) is 9.48. The van der Waals surface area contributed by atoms with E-state index in [0.29, 0.717) is 23.6 Å². The van der Waals surface area contributed by atoms with Crippen molar-refractivity contribution < 1.29 is 9.53 Å². The van der Waals surface area contributed by atoms with Crippen LogP contribution in [0.5, 0.6) is 5.75 Å². The summed E-state index contributed by atoms with van der Waals surface area (Å²) in [4.78, 5) is 13.0. The third kappa shape index (κ3) is 6.44. The van der Waals surface area contributed by atoms with E-state index in [-0.39, 0.29) is 5.91 Å². The Morgan fingerprint density at radius 1 is 1.21 bits per heavy atom. The molecule has 7 heteroatoms. The summed E-state index contributed by atoms with van der Waals surface area (Å²) in [5.41, 5.74) is 8.46. The summed E-state index contributed by atoms with van der Waals surface area (Å²) >= 11 is 0. The minimum atomic E-state index is -0.511. The van der Waals surface area contributed by atoms with Crippen molar-refractivity contribution in [1.29, 1.82) is 5.41 Å². The van der Waals surface area contributed by atoms with E-state index in [2.05, 4.69) is 16.0 Å². The van der Waals surface area contributed by atoms with Gasteiger partial charge < -0.3 is 31.8 Å². The number of nitrogens with two attached hydrogens (primary N) is 1. The molecule has 1 amide bonds. The Hall–Kier alpha value is -3.16. The Balaban J connectivity index is 2.16. The lowest BCUT2D eigenvalue weighted by Gasteiger charge is -2.20. The van der Waals surface area contributed by atoms with Crippen LogP contribution in [-0.4, -0.2) is 39.4 Å². The zero-order chi connectivity index (χ0) is 21.1. The predicted molar refractivity (Wildman–Crippen MR) is 118 cm³/mol. The zero-order valence-electron chi connectivity index (χ0n) is 16.9. The van der Waals surface area contributed by atoms with Crippen molar-refractivity contribution in [3.8, 4) is 5.75 Å². The molecular formula is C22H29N5O2. The molecule has 2 aromatic carbocycles. The van der Waals surface area contributed by atoms with Gasteiger partial charge in [0.1, 0.15) is 11.8 Å². The van der Waals surface area contributed by atoms with Gasteiger partial charge in [0.05, 0.1) is 7.11 Å². The van der Waals surface area contributed by atoms with Gasteiger partial charge in [-0.25, -0.2) is 0 Å². The van der Waals surface area contributed by atoms with Gasteiger partial charge in [0.25, 0.3) is 0 Å². The lowest BCUT2D eigenvalue weighted by atomic mass is 10.0. The lowest BCUT2D eigenvalue weighted by molar-refractivity contribution is -0.118. The fourth-order valence-corrected chi connectivity index (χ4v) is 2.88. The van der Waals surface area contributed by atoms with Gasteiger partial charge in [-0.2, -0.15) is 0 Å². The second kappa shape index (κ2) is 11.6. The number of anilines is 1. The molecule has 0 saturated heterocycles. The summed E-state index contributed by atoms with van der Waals surface area (Å²) in [6, 6.07) is 14.2. The van der Waals surface area contributed by atoms with E-state index >= 15 is 0 Å². The normalized spacial score (nSPS) is 12.3. The molecule has 29 heavy (non-hydrogen) atoms. The van der Waals surface area contributed by atoms with Crippen LogP contribution in [0.15, 0.2) is 54.7 Å². The molecule has 0 heterocycles. The molecule has 0 aliphatic rings. The molecule has 0 saturated carbocycles. The van der Waals surface area contributed by atoms with Crippen LogP contribution in [0, 0.1) is 5.41 Å². The standard InChI is InChI=1S/C22H29N5O2/c1-25-11-4-12-26-21(17-5-3-6-20(13-17)29-2)22(28)27-19-9-7-16(8-10-19)18(14-23)15-24/h3,5-10,13-15,21,23,25-26H,4,11-12,24H2,1-2H3,(H,27,28)/b18-15+,23-14?. The summed E-state index contributed by atoms with van der Waals surface area (Å²) in [5, 5.41) is 16.8. The number of hydrogen-bond acceptors (Lipinski definition) is 6. The molecule has 2 aromatic rings. The van der Waals surface area contributed by atoms with Crippen molar-refractivity contribution in [2.45, 2.75) is 12.5 Å². The number of amides is 1. The Bertz CT molecular complexity index is 833. The number of carbonyl (C=O) groups excluding carboxylic acids is 1. The van der Waals surface area contributed by atoms with E-state index in [1.807, 2.05) is 43.4 Å². The molecule has 0 aliphatic heterocycles. The maximum Gasteiger partial charge on any atom is 0.246 e. The molecule has 0 aromatic heterocycles. The molecule has 154 valence electrons. The summed E-state index contributed by atoms with van der Waals surface area (Å²) in [6.45, 7) is 1.56. The van der Waals surface area contributed by atoms with Crippen LogP contribution in [0.1, 0.15) is 23.6 Å². The van der Waals surface area contributed by atoms with Gasteiger partial charge in [0.15, 0.2) is 0 Å². The van der Waals surface area contributed by atoms with Gasteiger partial charge in [-0.3, -0.25) is 4.79 Å². The van der Waals surface area contributed by atoms with E-state index in [1.165, 1.54) is 12.4 Å². The molecule has 7 nitrogen and oxygen atoms in total. The van der Waals surface area contributed by atoms with Crippen molar-refractivity contribution in [1.82, 2.24) is 10.6 Å². The van der Waals surface area contributed by atoms with Gasteiger partial charge in [-0.05, 0) is 62.0 Å². The predicted octanol–water partition coefficient (Wildman–Crippen LogP) is 2.52. The number of methoxy groups -OCH3 is 1. The van der Waals surface area contributed by atoms with Gasteiger partial charge in [-0.1, -0.05) is 24.3 Å². The highest BCUT2D eigenvalue weighted by molar-refractivity contribution is 6.08. The number of ether oxygens (including phenoxy) is 1. The molecule has 0 radical (unpaired) electrons. The summed E-state index contributed by atoms with van der Waals surface area (Å²) in [7, 11) is 3.51. The third-order valence-electron chi connectivity index (χ3n) is 4.46. The molecule has 0 bridgehead atoms. The smallest absolute Gasteiger partial charge is 0.246 e. The Labute approximate surface area is 171 Å². The topological polar surface area (TPSA) is 112 Å². The minimum Gasteiger partial charge on any atom is -0.497 e. The molecule has 0 fully saturated rings. The maximum absolute atomic E-state index is 13.0. The highest BCUT2D eigenvalue weighted by Gasteiger charge is 2.20. The van der Waals surface area contributed by atoms with E-state index in [1.54, 1.807) is 19.2 Å². The van der Waals surface area contributed by atoms with Crippen LogP contribution in [0.4, 0.5) is 5.69 Å². The van der Waals surface area contributed by atoms with Crippen molar-refractivity contribution >= 4 is 23.4 Å². The number of benzene rings is 2. The third-order valence-corrected chi connectivity index (χ3v) is 4.46. The number of carbonyl (C=O) groups is 1.